The van der Waals surface area contributed by atoms with Gasteiger partial charge in [0.25, 0.3) is 0 Å². The predicted octanol–water partition coefficient (Wildman–Crippen LogP) is 3.73. The Bertz CT molecular complexity index is 609. The van der Waals surface area contributed by atoms with Gasteiger partial charge in [0, 0.05) is 18.8 Å². The largest absolute Gasteiger partial charge is 0.372 e. The smallest absolute Gasteiger partial charge is 0.250 e. The Balaban J connectivity index is 1.54. The van der Waals surface area contributed by atoms with E-state index >= 15 is 0 Å². The first kappa shape index (κ1) is 19.1. The van der Waals surface area contributed by atoms with E-state index in [1.807, 2.05) is 18.7 Å². The Morgan fingerprint density at radius 2 is 1.92 bits per heavy atom. The zero-order valence-electron chi connectivity index (χ0n) is 15.7. The Morgan fingerprint density at radius 1 is 1.23 bits per heavy atom. The molecule has 2 fully saturated rings. The van der Waals surface area contributed by atoms with Crippen LogP contribution in [-0.2, 0) is 14.3 Å². The van der Waals surface area contributed by atoms with Crippen LogP contribution in [0.3, 0.4) is 0 Å². The summed E-state index contributed by atoms with van der Waals surface area (Å²) >= 11 is 0. The second-order valence-corrected chi connectivity index (χ2v) is 7.45. The van der Waals surface area contributed by atoms with Crippen LogP contribution in [-0.4, -0.2) is 43.9 Å². The molecule has 0 radical (unpaired) electrons. The highest BCUT2D eigenvalue weighted by molar-refractivity contribution is 5.91. The van der Waals surface area contributed by atoms with E-state index in [2.05, 4.69) is 5.32 Å². The van der Waals surface area contributed by atoms with Crippen molar-refractivity contribution in [1.82, 2.24) is 0 Å². The van der Waals surface area contributed by atoms with Crippen molar-refractivity contribution in [3.63, 3.8) is 0 Å². The Labute approximate surface area is 154 Å². The van der Waals surface area contributed by atoms with Crippen LogP contribution in [0, 0.1) is 5.82 Å². The molecule has 1 aliphatic heterocycles. The summed E-state index contributed by atoms with van der Waals surface area (Å²) in [6, 6.07) is 4.83. The van der Waals surface area contributed by atoms with Gasteiger partial charge in [-0.2, -0.15) is 0 Å². The Morgan fingerprint density at radius 3 is 2.58 bits per heavy atom. The maximum Gasteiger partial charge on any atom is 0.250 e. The van der Waals surface area contributed by atoms with Gasteiger partial charge in [0.05, 0.1) is 24.0 Å². The van der Waals surface area contributed by atoms with Crippen LogP contribution in [0.2, 0.25) is 0 Å². The highest BCUT2D eigenvalue weighted by atomic mass is 19.1. The molecule has 1 saturated heterocycles. The number of benzene rings is 1. The Kier molecular flexibility index (Phi) is 6.48. The van der Waals surface area contributed by atoms with Crippen molar-refractivity contribution >= 4 is 17.3 Å². The topological polar surface area (TPSA) is 50.8 Å². The molecule has 1 aliphatic carbocycles. The molecule has 6 heteroatoms. The highest BCUT2D eigenvalue weighted by Crippen LogP contribution is 2.26. The average molecular weight is 364 g/mol. The van der Waals surface area contributed by atoms with Crippen molar-refractivity contribution in [3.05, 3.63) is 24.0 Å². The van der Waals surface area contributed by atoms with Gasteiger partial charge in [-0.15, -0.1) is 0 Å². The third-order valence-corrected chi connectivity index (χ3v) is 4.99. The zero-order chi connectivity index (χ0) is 18.5. The van der Waals surface area contributed by atoms with Crippen LogP contribution < -0.4 is 10.2 Å². The lowest BCUT2D eigenvalue weighted by molar-refractivity contribution is -0.123. The van der Waals surface area contributed by atoms with E-state index in [-0.39, 0.29) is 36.6 Å². The fourth-order valence-corrected chi connectivity index (χ4v) is 3.84. The van der Waals surface area contributed by atoms with Gasteiger partial charge < -0.3 is 19.7 Å². The van der Waals surface area contributed by atoms with Gasteiger partial charge in [0.2, 0.25) is 5.91 Å². The standard InChI is InChI=1S/C20H29FN2O3/c1-14-11-23(12-15(2)26-14)19-9-8-16(10-18(19)21)22-20(24)13-25-17-6-4-3-5-7-17/h8-10,14-15,17H,3-7,11-13H2,1-2H3,(H,22,24). The van der Waals surface area contributed by atoms with Gasteiger partial charge in [-0.3, -0.25) is 4.79 Å². The molecule has 0 bridgehead atoms. The minimum absolute atomic E-state index is 0.0204. The molecule has 1 saturated carbocycles. The van der Waals surface area contributed by atoms with E-state index in [4.69, 9.17) is 9.47 Å². The Hall–Kier alpha value is -1.66. The van der Waals surface area contributed by atoms with Crippen LogP contribution in [0.1, 0.15) is 46.0 Å². The van der Waals surface area contributed by atoms with Crippen molar-refractivity contribution in [3.8, 4) is 0 Å². The fraction of sp³-hybridized carbons (Fsp3) is 0.650. The molecule has 2 aliphatic rings. The third kappa shape index (κ3) is 5.17. The second-order valence-electron chi connectivity index (χ2n) is 7.45. The molecule has 1 amide bonds. The van der Waals surface area contributed by atoms with E-state index in [0.717, 1.165) is 25.7 Å². The van der Waals surface area contributed by atoms with E-state index < -0.39 is 0 Å². The molecule has 1 heterocycles. The molecule has 0 aromatic heterocycles. The number of anilines is 2. The average Bonchev–Trinajstić information content (AvgIpc) is 2.60. The number of carbonyl (C=O) groups excluding carboxylic acids is 1. The quantitative estimate of drug-likeness (QED) is 0.865. The van der Waals surface area contributed by atoms with E-state index in [9.17, 15) is 9.18 Å². The summed E-state index contributed by atoms with van der Waals surface area (Å²) in [5, 5.41) is 2.72. The number of halogens is 1. The van der Waals surface area contributed by atoms with E-state index in [1.54, 1.807) is 12.1 Å². The SMILES string of the molecule is CC1CN(c2ccc(NC(=O)COC3CCCCC3)cc2F)CC(C)O1. The number of hydrogen-bond acceptors (Lipinski definition) is 4. The number of morpholine rings is 1. The molecule has 1 aromatic rings. The first-order valence-corrected chi connectivity index (χ1v) is 9.62. The molecule has 1 N–H and O–H groups in total. The van der Waals surface area contributed by atoms with Gasteiger partial charge in [-0.25, -0.2) is 4.39 Å². The molecule has 2 atom stereocenters. The van der Waals surface area contributed by atoms with Crippen molar-refractivity contribution in [2.45, 2.75) is 64.3 Å². The summed E-state index contributed by atoms with van der Waals surface area (Å²) in [6.07, 6.45) is 5.93. The van der Waals surface area contributed by atoms with E-state index in [0.29, 0.717) is 24.5 Å². The third-order valence-electron chi connectivity index (χ3n) is 4.99. The summed E-state index contributed by atoms with van der Waals surface area (Å²) in [5.41, 5.74) is 1.00. The number of nitrogens with one attached hydrogen (secondary N) is 1. The van der Waals surface area contributed by atoms with Crippen molar-refractivity contribution < 1.29 is 18.7 Å². The normalized spacial score (nSPS) is 24.5. The molecule has 5 nitrogen and oxygen atoms in total. The lowest BCUT2D eigenvalue weighted by Crippen LogP contribution is -2.45. The summed E-state index contributed by atoms with van der Waals surface area (Å²) in [7, 11) is 0. The molecule has 1 aromatic carbocycles. The number of amides is 1. The first-order chi connectivity index (χ1) is 12.5. The minimum atomic E-state index is -0.336. The number of ether oxygens (including phenoxy) is 2. The van der Waals surface area contributed by atoms with Crippen LogP contribution >= 0.6 is 0 Å². The lowest BCUT2D eigenvalue weighted by Gasteiger charge is -2.37. The minimum Gasteiger partial charge on any atom is -0.372 e. The van der Waals surface area contributed by atoms with Crippen LogP contribution in [0.4, 0.5) is 15.8 Å². The van der Waals surface area contributed by atoms with Crippen LogP contribution in [0.15, 0.2) is 18.2 Å². The molecule has 26 heavy (non-hydrogen) atoms. The number of rotatable bonds is 5. The summed E-state index contributed by atoms with van der Waals surface area (Å²) < 4.78 is 25.9. The van der Waals surface area contributed by atoms with Crippen molar-refractivity contribution in [2.24, 2.45) is 0 Å². The van der Waals surface area contributed by atoms with Gasteiger partial charge in [0.1, 0.15) is 12.4 Å². The lowest BCUT2D eigenvalue weighted by atomic mass is 9.98. The summed E-state index contributed by atoms with van der Waals surface area (Å²) in [6.45, 7) is 5.31. The molecular formula is C20H29FN2O3. The van der Waals surface area contributed by atoms with Gasteiger partial charge in [-0.05, 0) is 44.9 Å². The maximum atomic E-state index is 14.6. The van der Waals surface area contributed by atoms with Gasteiger partial charge in [-0.1, -0.05) is 19.3 Å². The molecule has 3 rings (SSSR count). The molecule has 0 spiro atoms. The predicted molar refractivity (Wildman–Crippen MR) is 100 cm³/mol. The first-order valence-electron chi connectivity index (χ1n) is 9.62. The molecule has 2 unspecified atom stereocenters. The van der Waals surface area contributed by atoms with Gasteiger partial charge >= 0.3 is 0 Å². The van der Waals surface area contributed by atoms with Crippen LogP contribution in [0.5, 0.6) is 0 Å². The van der Waals surface area contributed by atoms with E-state index in [1.165, 1.54) is 12.5 Å². The number of carbonyl (C=O) groups is 1. The van der Waals surface area contributed by atoms with Gasteiger partial charge in [0.15, 0.2) is 0 Å². The second kappa shape index (κ2) is 8.82. The number of hydrogen-bond donors (Lipinski definition) is 1. The zero-order valence-corrected chi connectivity index (χ0v) is 15.7. The summed E-state index contributed by atoms with van der Waals surface area (Å²) in [5.74, 6) is -0.575. The fourth-order valence-electron chi connectivity index (χ4n) is 3.84. The molecule has 144 valence electrons. The number of nitrogens with zero attached hydrogens (tertiary/aromatic N) is 1. The highest BCUT2D eigenvalue weighted by Gasteiger charge is 2.24. The summed E-state index contributed by atoms with van der Waals surface area (Å²) in [4.78, 5) is 14.0. The van der Waals surface area contributed by atoms with Crippen molar-refractivity contribution in [2.75, 3.05) is 29.9 Å². The van der Waals surface area contributed by atoms with Crippen LogP contribution in [0.25, 0.3) is 0 Å². The maximum absolute atomic E-state index is 14.6. The molecular weight excluding hydrogens is 335 g/mol. The van der Waals surface area contributed by atoms with Crippen molar-refractivity contribution in [1.29, 1.82) is 0 Å². The monoisotopic (exact) mass is 364 g/mol.